The van der Waals surface area contributed by atoms with Crippen molar-refractivity contribution in [3.05, 3.63) is 50.6 Å². The second-order valence-corrected chi connectivity index (χ2v) is 5.59. The van der Waals surface area contributed by atoms with Gasteiger partial charge in [0.05, 0.1) is 19.2 Å². The summed E-state index contributed by atoms with van der Waals surface area (Å²) in [5.74, 6) is -0.232. The molecule has 0 aliphatic heterocycles. The average Bonchev–Trinajstić information content (AvgIpc) is 2.87. The Morgan fingerprint density at radius 2 is 2.05 bits per heavy atom. The van der Waals surface area contributed by atoms with Gasteiger partial charge in [-0.25, -0.2) is 0 Å². The molecule has 0 unspecified atom stereocenters. The van der Waals surface area contributed by atoms with Crippen LogP contribution in [0.15, 0.2) is 35.3 Å². The SMILES string of the molecule is COC(=O)Cc1ccc(CNc2ccc(=O)n(C)c2)s1. The first-order chi connectivity index (χ1) is 9.58. The number of anilines is 1. The molecule has 0 fully saturated rings. The number of carbonyl (C=O) groups is 1. The number of pyridine rings is 1. The van der Waals surface area contributed by atoms with E-state index in [9.17, 15) is 9.59 Å². The van der Waals surface area contributed by atoms with Crippen LogP contribution in [0.3, 0.4) is 0 Å². The fraction of sp³-hybridized carbons (Fsp3) is 0.286. The summed E-state index contributed by atoms with van der Waals surface area (Å²) in [4.78, 5) is 24.6. The molecule has 0 bridgehead atoms. The van der Waals surface area contributed by atoms with Gasteiger partial charge in [0, 0.05) is 35.6 Å². The molecular formula is C14H16N2O3S. The predicted octanol–water partition coefficient (Wildman–Crippen LogP) is 1.77. The highest BCUT2D eigenvalue weighted by molar-refractivity contribution is 7.12. The summed E-state index contributed by atoms with van der Waals surface area (Å²) in [6.07, 6.45) is 2.06. The summed E-state index contributed by atoms with van der Waals surface area (Å²) in [5.41, 5.74) is 0.849. The summed E-state index contributed by atoms with van der Waals surface area (Å²) < 4.78 is 6.16. The van der Waals surface area contributed by atoms with E-state index in [1.807, 2.05) is 12.1 Å². The number of nitrogens with zero attached hydrogens (tertiary/aromatic N) is 1. The molecule has 2 rings (SSSR count). The molecule has 2 heterocycles. The summed E-state index contributed by atoms with van der Waals surface area (Å²) in [6, 6.07) is 7.20. The Kier molecular flexibility index (Phi) is 4.57. The second-order valence-electron chi connectivity index (χ2n) is 4.34. The number of carbonyl (C=O) groups excluding carboxylic acids is 1. The molecule has 6 heteroatoms. The fourth-order valence-corrected chi connectivity index (χ4v) is 2.66. The molecule has 0 radical (unpaired) electrons. The highest BCUT2D eigenvalue weighted by Gasteiger charge is 2.06. The molecule has 106 valence electrons. The predicted molar refractivity (Wildman–Crippen MR) is 79.0 cm³/mol. The van der Waals surface area contributed by atoms with E-state index < -0.39 is 0 Å². The van der Waals surface area contributed by atoms with Crippen molar-refractivity contribution in [2.24, 2.45) is 7.05 Å². The Morgan fingerprint density at radius 3 is 2.75 bits per heavy atom. The Hall–Kier alpha value is -2.08. The van der Waals surface area contributed by atoms with Crippen LogP contribution < -0.4 is 10.9 Å². The van der Waals surface area contributed by atoms with Crippen LogP contribution >= 0.6 is 11.3 Å². The van der Waals surface area contributed by atoms with Gasteiger partial charge in [-0.1, -0.05) is 0 Å². The summed E-state index contributed by atoms with van der Waals surface area (Å²) in [6.45, 7) is 0.657. The number of hydrogen-bond acceptors (Lipinski definition) is 5. The van der Waals surface area contributed by atoms with Crippen LogP contribution in [0.5, 0.6) is 0 Å². The van der Waals surface area contributed by atoms with Crippen LogP contribution in [-0.2, 0) is 29.5 Å². The molecular weight excluding hydrogens is 276 g/mol. The van der Waals surface area contributed by atoms with Crippen LogP contribution in [0.2, 0.25) is 0 Å². The molecule has 0 aromatic carbocycles. The van der Waals surface area contributed by atoms with Crippen molar-refractivity contribution in [1.82, 2.24) is 4.57 Å². The molecule has 5 nitrogen and oxygen atoms in total. The molecule has 0 aliphatic rings. The van der Waals surface area contributed by atoms with Crippen LogP contribution in [0.4, 0.5) is 5.69 Å². The van der Waals surface area contributed by atoms with Gasteiger partial charge in [0.1, 0.15) is 0 Å². The van der Waals surface area contributed by atoms with Crippen LogP contribution in [0.25, 0.3) is 0 Å². The van der Waals surface area contributed by atoms with Gasteiger partial charge >= 0.3 is 5.97 Å². The van der Waals surface area contributed by atoms with E-state index in [2.05, 4.69) is 10.1 Å². The first-order valence-electron chi connectivity index (χ1n) is 6.13. The Morgan fingerprint density at radius 1 is 1.30 bits per heavy atom. The molecule has 0 spiro atoms. The zero-order chi connectivity index (χ0) is 14.5. The molecule has 20 heavy (non-hydrogen) atoms. The molecule has 2 aromatic rings. The molecule has 1 N–H and O–H groups in total. The third-order valence-electron chi connectivity index (χ3n) is 2.82. The Balaban J connectivity index is 1.95. The maximum Gasteiger partial charge on any atom is 0.310 e. The number of aryl methyl sites for hydroxylation is 1. The zero-order valence-electron chi connectivity index (χ0n) is 11.4. The Bertz CT molecular complexity index is 660. The van der Waals surface area contributed by atoms with Crippen molar-refractivity contribution in [1.29, 1.82) is 0 Å². The van der Waals surface area contributed by atoms with Crippen LogP contribution in [0, 0.1) is 0 Å². The van der Waals surface area contributed by atoms with Gasteiger partial charge in [0.25, 0.3) is 0 Å². The summed E-state index contributed by atoms with van der Waals surface area (Å²) >= 11 is 1.57. The first-order valence-corrected chi connectivity index (χ1v) is 6.95. The van der Waals surface area contributed by atoms with E-state index >= 15 is 0 Å². The molecule has 0 saturated heterocycles. The maximum absolute atomic E-state index is 11.3. The minimum Gasteiger partial charge on any atom is -0.469 e. The van der Waals surface area contributed by atoms with Gasteiger partial charge in [0.2, 0.25) is 5.56 Å². The number of nitrogens with one attached hydrogen (secondary N) is 1. The largest absolute Gasteiger partial charge is 0.469 e. The van der Waals surface area contributed by atoms with E-state index in [4.69, 9.17) is 0 Å². The lowest BCUT2D eigenvalue weighted by Crippen LogP contribution is -2.15. The average molecular weight is 292 g/mol. The lowest BCUT2D eigenvalue weighted by atomic mass is 10.3. The zero-order valence-corrected chi connectivity index (χ0v) is 12.2. The number of rotatable bonds is 5. The van der Waals surface area contributed by atoms with Gasteiger partial charge < -0.3 is 14.6 Å². The lowest BCUT2D eigenvalue weighted by molar-refractivity contribution is -0.139. The van der Waals surface area contributed by atoms with E-state index in [0.717, 1.165) is 15.4 Å². The highest BCUT2D eigenvalue weighted by atomic mass is 32.1. The first kappa shape index (κ1) is 14.3. The molecule has 0 amide bonds. The van der Waals surface area contributed by atoms with Crippen LogP contribution in [-0.4, -0.2) is 17.6 Å². The van der Waals surface area contributed by atoms with Crippen molar-refractivity contribution in [2.75, 3.05) is 12.4 Å². The maximum atomic E-state index is 11.3. The second kappa shape index (κ2) is 6.38. The summed E-state index contributed by atoms with van der Waals surface area (Å²) in [5, 5.41) is 3.24. The van der Waals surface area contributed by atoms with Gasteiger partial charge in [0.15, 0.2) is 0 Å². The number of aromatic nitrogens is 1. The number of methoxy groups -OCH3 is 1. The van der Waals surface area contributed by atoms with Gasteiger partial charge in [-0.3, -0.25) is 9.59 Å². The van der Waals surface area contributed by atoms with Crippen molar-refractivity contribution >= 4 is 23.0 Å². The number of ether oxygens (including phenoxy) is 1. The van der Waals surface area contributed by atoms with Crippen molar-refractivity contribution in [2.45, 2.75) is 13.0 Å². The molecule has 2 aromatic heterocycles. The quantitative estimate of drug-likeness (QED) is 0.853. The standard InChI is InChI=1S/C14H16N2O3S/c1-16-9-10(3-6-13(16)17)15-8-12-5-4-11(20-12)7-14(18)19-2/h3-6,9,15H,7-8H2,1-2H3. The van der Waals surface area contributed by atoms with Crippen molar-refractivity contribution < 1.29 is 9.53 Å². The van der Waals surface area contributed by atoms with Crippen molar-refractivity contribution in [3.8, 4) is 0 Å². The molecule has 0 atom stereocenters. The van der Waals surface area contributed by atoms with E-state index in [-0.39, 0.29) is 11.5 Å². The smallest absolute Gasteiger partial charge is 0.310 e. The monoisotopic (exact) mass is 292 g/mol. The fourth-order valence-electron chi connectivity index (χ4n) is 1.71. The minimum atomic E-state index is -0.232. The van der Waals surface area contributed by atoms with Crippen LogP contribution in [0.1, 0.15) is 9.75 Å². The van der Waals surface area contributed by atoms with Gasteiger partial charge in [-0.2, -0.15) is 0 Å². The minimum absolute atomic E-state index is 0.0352. The molecule has 0 saturated carbocycles. The normalized spacial score (nSPS) is 10.3. The highest BCUT2D eigenvalue weighted by Crippen LogP contribution is 2.18. The van der Waals surface area contributed by atoms with Crippen molar-refractivity contribution in [3.63, 3.8) is 0 Å². The van der Waals surface area contributed by atoms with Gasteiger partial charge in [-0.05, 0) is 18.2 Å². The lowest BCUT2D eigenvalue weighted by Gasteiger charge is -2.06. The number of esters is 1. The van der Waals surface area contributed by atoms with E-state index in [0.29, 0.717) is 13.0 Å². The third-order valence-corrected chi connectivity index (χ3v) is 3.90. The number of thiophene rings is 1. The summed E-state index contributed by atoms with van der Waals surface area (Å²) in [7, 11) is 3.10. The third kappa shape index (κ3) is 3.71. The van der Waals surface area contributed by atoms with E-state index in [1.165, 1.54) is 17.7 Å². The topological polar surface area (TPSA) is 60.3 Å². The Labute approximate surface area is 120 Å². The van der Waals surface area contributed by atoms with Gasteiger partial charge in [-0.15, -0.1) is 11.3 Å². The number of hydrogen-bond donors (Lipinski definition) is 1. The molecule has 0 aliphatic carbocycles. The van der Waals surface area contributed by atoms with E-state index in [1.54, 1.807) is 30.6 Å².